The molecule has 0 aliphatic rings. The molecule has 28 heavy (non-hydrogen) atoms. The van der Waals surface area contributed by atoms with Crippen molar-refractivity contribution < 1.29 is 19.1 Å². The van der Waals surface area contributed by atoms with Gasteiger partial charge < -0.3 is 25.4 Å². The van der Waals surface area contributed by atoms with Gasteiger partial charge in [0.1, 0.15) is 0 Å². The maximum Gasteiger partial charge on any atom is 0.262 e. The second-order valence-electron chi connectivity index (χ2n) is 6.02. The van der Waals surface area contributed by atoms with E-state index in [2.05, 4.69) is 16.0 Å². The van der Waals surface area contributed by atoms with Crippen LogP contribution in [0, 0.1) is 5.92 Å². The first kappa shape index (κ1) is 23.3. The number of hydrogen-bond acceptors (Lipinski definition) is 5. The Hall–Kier alpha value is -2.77. The van der Waals surface area contributed by atoms with Crippen molar-refractivity contribution >= 4 is 35.6 Å². The molecule has 0 fully saturated rings. The van der Waals surface area contributed by atoms with Gasteiger partial charge in [-0.2, -0.15) is 0 Å². The molecule has 0 aliphatic heterocycles. The molecule has 3 N–H and O–H groups in total. The third-order valence-corrected chi connectivity index (χ3v) is 3.80. The van der Waals surface area contributed by atoms with Gasteiger partial charge in [0.05, 0.1) is 7.11 Å². The summed E-state index contributed by atoms with van der Waals surface area (Å²) >= 11 is 0. The second kappa shape index (κ2) is 11.8. The zero-order chi connectivity index (χ0) is 19.6. The highest BCUT2D eigenvalue weighted by Gasteiger charge is 2.12. The fourth-order valence-corrected chi connectivity index (χ4v) is 2.42. The zero-order valence-electron chi connectivity index (χ0n) is 16.2. The minimum atomic E-state index is -0.312. The molecule has 7 nitrogen and oxygen atoms in total. The summed E-state index contributed by atoms with van der Waals surface area (Å²) < 4.78 is 10.7. The van der Waals surface area contributed by atoms with Gasteiger partial charge in [0.25, 0.3) is 5.91 Å². The summed E-state index contributed by atoms with van der Waals surface area (Å²) in [7, 11) is 3.34. The molecule has 0 spiro atoms. The highest BCUT2D eigenvalue weighted by Crippen LogP contribution is 2.25. The minimum Gasteiger partial charge on any atom is -0.493 e. The summed E-state index contributed by atoms with van der Waals surface area (Å²) in [5, 5.41) is 8.55. The van der Waals surface area contributed by atoms with E-state index in [0.717, 1.165) is 0 Å². The Labute approximate surface area is 171 Å². The Kier molecular flexibility index (Phi) is 9.84. The second-order valence-corrected chi connectivity index (χ2v) is 6.02. The first-order valence-corrected chi connectivity index (χ1v) is 8.64. The van der Waals surface area contributed by atoms with E-state index in [1.165, 1.54) is 0 Å². The molecule has 0 saturated carbocycles. The first-order valence-electron chi connectivity index (χ1n) is 8.64. The van der Waals surface area contributed by atoms with E-state index < -0.39 is 0 Å². The fraction of sp³-hybridized carbons (Fsp3) is 0.300. The zero-order valence-corrected chi connectivity index (χ0v) is 17.0. The minimum absolute atomic E-state index is 0. The quantitative estimate of drug-likeness (QED) is 0.594. The lowest BCUT2D eigenvalue weighted by molar-refractivity contribution is -0.119. The van der Waals surface area contributed by atoms with Gasteiger partial charge in [-0.3, -0.25) is 9.59 Å². The number of para-hydroxylation sites is 2. The van der Waals surface area contributed by atoms with Crippen LogP contribution in [0.2, 0.25) is 0 Å². The maximum absolute atomic E-state index is 12.1. The summed E-state index contributed by atoms with van der Waals surface area (Å²) in [4.78, 5) is 24.2. The first-order chi connectivity index (χ1) is 13.0. The van der Waals surface area contributed by atoms with Crippen LogP contribution >= 0.6 is 12.4 Å². The third kappa shape index (κ3) is 7.09. The number of ether oxygens (including phenoxy) is 2. The third-order valence-electron chi connectivity index (χ3n) is 3.80. The number of carbonyl (C=O) groups is 2. The molecule has 152 valence electrons. The lowest BCUT2D eigenvalue weighted by Gasteiger charge is -2.13. The van der Waals surface area contributed by atoms with Gasteiger partial charge in [0.2, 0.25) is 5.91 Å². The molecular formula is C20H26ClN3O4. The van der Waals surface area contributed by atoms with Crippen LogP contribution in [0.1, 0.15) is 6.92 Å². The van der Waals surface area contributed by atoms with Gasteiger partial charge in [0, 0.05) is 23.8 Å². The van der Waals surface area contributed by atoms with Crippen LogP contribution in [0.3, 0.4) is 0 Å². The van der Waals surface area contributed by atoms with E-state index in [9.17, 15) is 9.59 Å². The molecule has 0 aliphatic carbocycles. The van der Waals surface area contributed by atoms with Crippen LogP contribution in [0.4, 0.5) is 11.4 Å². The van der Waals surface area contributed by atoms with Crippen molar-refractivity contribution in [2.75, 3.05) is 37.9 Å². The molecular weight excluding hydrogens is 382 g/mol. The van der Waals surface area contributed by atoms with Crippen molar-refractivity contribution in [3.8, 4) is 11.5 Å². The van der Waals surface area contributed by atoms with E-state index in [4.69, 9.17) is 9.47 Å². The van der Waals surface area contributed by atoms with Crippen LogP contribution < -0.4 is 25.4 Å². The van der Waals surface area contributed by atoms with Gasteiger partial charge >= 0.3 is 0 Å². The van der Waals surface area contributed by atoms with Crippen LogP contribution in [-0.2, 0) is 9.59 Å². The monoisotopic (exact) mass is 407 g/mol. The van der Waals surface area contributed by atoms with Crippen molar-refractivity contribution in [1.29, 1.82) is 0 Å². The van der Waals surface area contributed by atoms with Gasteiger partial charge in [-0.1, -0.05) is 25.1 Å². The van der Waals surface area contributed by atoms with E-state index in [1.54, 1.807) is 56.6 Å². The molecule has 0 saturated heterocycles. The van der Waals surface area contributed by atoms with Crippen LogP contribution in [0.15, 0.2) is 48.5 Å². The van der Waals surface area contributed by atoms with Crippen molar-refractivity contribution in [2.45, 2.75) is 6.92 Å². The number of anilines is 2. The molecule has 0 radical (unpaired) electrons. The standard InChI is InChI=1S/C20H25N3O4.ClH/c1-14(12-21-2)20(25)23-16-8-6-7-15(11-16)22-19(24)13-27-18-10-5-4-9-17(18)26-3;/h4-11,14,21H,12-13H2,1-3H3,(H,22,24)(H,23,25);1H. The van der Waals surface area contributed by atoms with Gasteiger partial charge in [-0.25, -0.2) is 0 Å². The van der Waals surface area contributed by atoms with Crippen molar-refractivity contribution in [2.24, 2.45) is 5.92 Å². The number of rotatable bonds is 9. The number of nitrogens with one attached hydrogen (secondary N) is 3. The summed E-state index contributed by atoms with van der Waals surface area (Å²) in [6, 6.07) is 14.1. The van der Waals surface area contributed by atoms with Crippen LogP contribution in [0.5, 0.6) is 11.5 Å². The fourth-order valence-electron chi connectivity index (χ4n) is 2.42. The number of amides is 2. The smallest absolute Gasteiger partial charge is 0.262 e. The highest BCUT2D eigenvalue weighted by molar-refractivity contribution is 5.95. The molecule has 2 aromatic carbocycles. The van der Waals surface area contributed by atoms with Gasteiger partial charge in [-0.05, 0) is 37.4 Å². The summed E-state index contributed by atoms with van der Waals surface area (Å²) in [5.41, 5.74) is 1.19. The Morgan fingerprint density at radius 1 is 1.00 bits per heavy atom. The predicted octanol–water partition coefficient (Wildman–Crippen LogP) is 2.93. The lowest BCUT2D eigenvalue weighted by atomic mass is 10.1. The van der Waals surface area contributed by atoms with Crippen molar-refractivity contribution in [3.63, 3.8) is 0 Å². The van der Waals surface area contributed by atoms with Gasteiger partial charge in [-0.15, -0.1) is 12.4 Å². The van der Waals surface area contributed by atoms with Crippen molar-refractivity contribution in [3.05, 3.63) is 48.5 Å². The topological polar surface area (TPSA) is 88.7 Å². The molecule has 0 bridgehead atoms. The Bertz CT molecular complexity index is 786. The van der Waals surface area contributed by atoms with E-state index in [1.807, 2.05) is 13.0 Å². The van der Waals surface area contributed by atoms with E-state index in [0.29, 0.717) is 29.4 Å². The Morgan fingerprint density at radius 3 is 2.29 bits per heavy atom. The Morgan fingerprint density at radius 2 is 1.64 bits per heavy atom. The van der Waals surface area contributed by atoms with Crippen LogP contribution in [-0.4, -0.2) is 39.1 Å². The lowest BCUT2D eigenvalue weighted by Crippen LogP contribution is -2.28. The number of carbonyl (C=O) groups excluding carboxylic acids is 2. The van der Waals surface area contributed by atoms with E-state index in [-0.39, 0.29) is 36.7 Å². The molecule has 0 aromatic heterocycles. The number of halogens is 1. The predicted molar refractivity (Wildman–Crippen MR) is 113 cm³/mol. The molecule has 1 atom stereocenters. The molecule has 2 amide bonds. The number of methoxy groups -OCH3 is 1. The van der Waals surface area contributed by atoms with Crippen molar-refractivity contribution in [1.82, 2.24) is 5.32 Å². The van der Waals surface area contributed by atoms with Gasteiger partial charge in [0.15, 0.2) is 18.1 Å². The maximum atomic E-state index is 12.1. The number of hydrogen-bond donors (Lipinski definition) is 3. The van der Waals surface area contributed by atoms with E-state index >= 15 is 0 Å². The summed E-state index contributed by atoms with van der Waals surface area (Å²) in [6.45, 7) is 2.27. The van der Waals surface area contributed by atoms with Crippen LogP contribution in [0.25, 0.3) is 0 Å². The molecule has 2 rings (SSSR count). The molecule has 1 unspecified atom stereocenters. The average molecular weight is 408 g/mol. The summed E-state index contributed by atoms with van der Waals surface area (Å²) in [5.74, 6) is 0.489. The Balaban J connectivity index is 0.00000392. The normalized spacial score (nSPS) is 11.0. The largest absolute Gasteiger partial charge is 0.493 e. The SMILES string of the molecule is CNCC(C)C(=O)Nc1cccc(NC(=O)COc2ccccc2OC)c1.Cl. The highest BCUT2D eigenvalue weighted by atomic mass is 35.5. The number of benzene rings is 2. The molecule has 8 heteroatoms. The summed E-state index contributed by atoms with van der Waals surface area (Å²) in [6.07, 6.45) is 0. The molecule has 0 heterocycles. The molecule has 2 aromatic rings. The average Bonchev–Trinajstić information content (AvgIpc) is 2.67.